The Labute approximate surface area is 89.8 Å². The number of aromatic nitrogens is 1. The highest BCUT2D eigenvalue weighted by atomic mass is 19.1. The van der Waals surface area contributed by atoms with Gasteiger partial charge in [0.2, 0.25) is 5.95 Å². The maximum atomic E-state index is 12.4. The molecule has 3 heteroatoms. The molecule has 2 nitrogen and oxygen atoms in total. The molecule has 0 aromatic carbocycles. The molecule has 1 heterocycles. The first-order chi connectivity index (χ1) is 7.33. The molecule has 0 radical (unpaired) electrons. The average Bonchev–Trinajstić information content (AvgIpc) is 2.26. The third-order valence-corrected chi connectivity index (χ3v) is 2.02. The van der Waals surface area contributed by atoms with Crippen molar-refractivity contribution in [1.29, 1.82) is 0 Å². The molecule has 0 spiro atoms. The van der Waals surface area contributed by atoms with Crippen LogP contribution in [0.25, 0.3) is 0 Å². The van der Waals surface area contributed by atoms with Gasteiger partial charge in [-0.1, -0.05) is 6.08 Å². The second-order valence-corrected chi connectivity index (χ2v) is 3.30. The molecule has 15 heavy (non-hydrogen) atoms. The zero-order valence-corrected chi connectivity index (χ0v) is 8.79. The van der Waals surface area contributed by atoms with Gasteiger partial charge in [-0.25, -0.2) is 4.98 Å². The van der Waals surface area contributed by atoms with Crippen molar-refractivity contribution in [3.8, 4) is 5.75 Å². The molecule has 0 N–H and O–H groups in total. The molecule has 1 aromatic rings. The lowest BCUT2D eigenvalue weighted by Gasteiger charge is -2.04. The highest BCUT2D eigenvalue weighted by molar-refractivity contribution is 5.15. The summed E-state index contributed by atoms with van der Waals surface area (Å²) < 4.78 is 17.8. The van der Waals surface area contributed by atoms with Crippen LogP contribution in [-0.4, -0.2) is 11.6 Å². The lowest BCUT2D eigenvalue weighted by atomic mass is 10.2. The second-order valence-electron chi connectivity index (χ2n) is 3.30. The first-order valence-electron chi connectivity index (χ1n) is 5.18. The van der Waals surface area contributed by atoms with E-state index in [-0.39, 0.29) is 0 Å². The fraction of sp³-hybridized carbons (Fsp3) is 0.417. The van der Waals surface area contributed by atoms with Crippen LogP contribution in [0.1, 0.15) is 25.7 Å². The number of unbranched alkanes of at least 4 members (excludes halogenated alkanes) is 3. The summed E-state index contributed by atoms with van der Waals surface area (Å²) in [7, 11) is 0. The van der Waals surface area contributed by atoms with E-state index in [0.717, 1.165) is 25.7 Å². The monoisotopic (exact) mass is 209 g/mol. The van der Waals surface area contributed by atoms with Crippen LogP contribution in [0.15, 0.2) is 31.0 Å². The van der Waals surface area contributed by atoms with Gasteiger partial charge in [-0.15, -0.1) is 6.58 Å². The Morgan fingerprint density at radius 1 is 1.33 bits per heavy atom. The van der Waals surface area contributed by atoms with Crippen molar-refractivity contribution in [2.75, 3.05) is 6.61 Å². The molecule has 0 bridgehead atoms. The predicted molar refractivity (Wildman–Crippen MR) is 58.4 cm³/mol. The second kappa shape index (κ2) is 6.98. The molecule has 0 atom stereocenters. The van der Waals surface area contributed by atoms with E-state index >= 15 is 0 Å². The van der Waals surface area contributed by atoms with Gasteiger partial charge in [0.15, 0.2) is 0 Å². The smallest absolute Gasteiger partial charge is 0.213 e. The van der Waals surface area contributed by atoms with Crippen LogP contribution >= 0.6 is 0 Å². The number of allylic oxidation sites excluding steroid dienone is 1. The number of rotatable bonds is 7. The minimum absolute atomic E-state index is 0.478. The maximum Gasteiger partial charge on any atom is 0.213 e. The van der Waals surface area contributed by atoms with Gasteiger partial charge in [0.1, 0.15) is 5.75 Å². The first-order valence-corrected chi connectivity index (χ1v) is 5.18. The average molecular weight is 209 g/mol. The largest absolute Gasteiger partial charge is 0.492 e. The summed E-state index contributed by atoms with van der Waals surface area (Å²) >= 11 is 0. The van der Waals surface area contributed by atoms with Gasteiger partial charge in [0.05, 0.1) is 12.8 Å². The van der Waals surface area contributed by atoms with E-state index in [2.05, 4.69) is 11.6 Å². The third-order valence-electron chi connectivity index (χ3n) is 2.02. The van der Waals surface area contributed by atoms with Crippen molar-refractivity contribution < 1.29 is 9.13 Å². The standard InChI is InChI=1S/C12H16FNO/c1-2-3-4-5-6-9-15-11-7-8-12(13)14-10-11/h2,7-8,10H,1,3-6,9H2. The van der Waals surface area contributed by atoms with Crippen molar-refractivity contribution >= 4 is 0 Å². The van der Waals surface area contributed by atoms with E-state index in [1.165, 1.54) is 12.3 Å². The summed E-state index contributed by atoms with van der Waals surface area (Å²) in [5.41, 5.74) is 0. The first kappa shape index (κ1) is 11.7. The molecule has 82 valence electrons. The number of hydrogen-bond donors (Lipinski definition) is 0. The van der Waals surface area contributed by atoms with Crippen molar-refractivity contribution in [2.24, 2.45) is 0 Å². The van der Waals surface area contributed by atoms with Gasteiger partial charge >= 0.3 is 0 Å². The van der Waals surface area contributed by atoms with Crippen LogP contribution < -0.4 is 4.74 Å². The molecular weight excluding hydrogens is 193 g/mol. The fourth-order valence-electron chi connectivity index (χ4n) is 1.21. The molecule has 0 unspecified atom stereocenters. The van der Waals surface area contributed by atoms with Crippen molar-refractivity contribution in [3.05, 3.63) is 36.9 Å². The van der Waals surface area contributed by atoms with E-state index in [1.54, 1.807) is 6.07 Å². The minimum atomic E-state index is -0.478. The molecule has 0 aliphatic carbocycles. The van der Waals surface area contributed by atoms with Crippen LogP contribution in [0.4, 0.5) is 4.39 Å². The molecule has 0 saturated carbocycles. The summed E-state index contributed by atoms with van der Waals surface area (Å²) in [5.74, 6) is 0.147. The van der Waals surface area contributed by atoms with Gasteiger partial charge in [-0.2, -0.15) is 4.39 Å². The zero-order chi connectivity index (χ0) is 10.9. The van der Waals surface area contributed by atoms with Crippen molar-refractivity contribution in [1.82, 2.24) is 4.98 Å². The number of nitrogens with zero attached hydrogens (tertiary/aromatic N) is 1. The van der Waals surface area contributed by atoms with E-state index in [0.29, 0.717) is 12.4 Å². The number of halogens is 1. The Hall–Kier alpha value is -1.38. The fourth-order valence-corrected chi connectivity index (χ4v) is 1.21. The van der Waals surface area contributed by atoms with E-state index in [4.69, 9.17) is 4.74 Å². The van der Waals surface area contributed by atoms with Crippen LogP contribution in [0.3, 0.4) is 0 Å². The normalized spacial score (nSPS) is 9.93. The Morgan fingerprint density at radius 3 is 2.87 bits per heavy atom. The predicted octanol–water partition coefficient (Wildman–Crippen LogP) is 3.35. The van der Waals surface area contributed by atoms with E-state index in [9.17, 15) is 4.39 Å². The Bertz CT molecular complexity index is 284. The van der Waals surface area contributed by atoms with E-state index in [1.807, 2.05) is 6.08 Å². The summed E-state index contributed by atoms with van der Waals surface area (Å²) in [4.78, 5) is 3.50. The number of ether oxygens (including phenoxy) is 1. The summed E-state index contributed by atoms with van der Waals surface area (Å²) in [5, 5.41) is 0. The van der Waals surface area contributed by atoms with Crippen molar-refractivity contribution in [3.63, 3.8) is 0 Å². The highest BCUT2D eigenvalue weighted by Crippen LogP contribution is 2.09. The van der Waals surface area contributed by atoms with Gasteiger partial charge in [-0.3, -0.25) is 0 Å². The molecule has 0 saturated heterocycles. The van der Waals surface area contributed by atoms with Crippen molar-refractivity contribution in [2.45, 2.75) is 25.7 Å². The zero-order valence-electron chi connectivity index (χ0n) is 8.79. The molecule has 0 aliphatic heterocycles. The van der Waals surface area contributed by atoms with Crippen LogP contribution in [0, 0.1) is 5.95 Å². The number of pyridine rings is 1. The Morgan fingerprint density at radius 2 is 2.20 bits per heavy atom. The van der Waals surface area contributed by atoms with Crippen LogP contribution in [0.5, 0.6) is 5.75 Å². The third kappa shape index (κ3) is 5.15. The van der Waals surface area contributed by atoms with Crippen LogP contribution in [0.2, 0.25) is 0 Å². The quantitative estimate of drug-likeness (QED) is 0.390. The molecule has 0 amide bonds. The summed E-state index contributed by atoms with van der Waals surface area (Å²) in [6.45, 7) is 4.32. The maximum absolute atomic E-state index is 12.4. The SMILES string of the molecule is C=CCCCCCOc1ccc(F)nc1. The Balaban J connectivity index is 2.09. The molecule has 0 aliphatic rings. The minimum Gasteiger partial charge on any atom is -0.492 e. The van der Waals surface area contributed by atoms with E-state index < -0.39 is 5.95 Å². The topological polar surface area (TPSA) is 22.1 Å². The molecule has 1 rings (SSSR count). The number of hydrogen-bond acceptors (Lipinski definition) is 2. The lowest BCUT2D eigenvalue weighted by Crippen LogP contribution is -1.97. The highest BCUT2D eigenvalue weighted by Gasteiger charge is 1.95. The molecule has 0 fully saturated rings. The molecular formula is C12H16FNO. The lowest BCUT2D eigenvalue weighted by molar-refractivity contribution is 0.303. The van der Waals surface area contributed by atoms with Gasteiger partial charge < -0.3 is 4.74 Å². The van der Waals surface area contributed by atoms with Crippen LogP contribution in [-0.2, 0) is 0 Å². The van der Waals surface area contributed by atoms with Gasteiger partial charge in [0.25, 0.3) is 0 Å². The van der Waals surface area contributed by atoms with Gasteiger partial charge in [0, 0.05) is 0 Å². The summed E-state index contributed by atoms with van der Waals surface area (Å²) in [6.07, 6.45) is 7.66. The van der Waals surface area contributed by atoms with Gasteiger partial charge in [-0.05, 0) is 37.8 Å². The molecule has 1 aromatic heterocycles. The summed E-state index contributed by atoms with van der Waals surface area (Å²) in [6, 6.07) is 2.89. The Kier molecular flexibility index (Phi) is 5.44.